The molecule has 1 aromatic carbocycles. The average Bonchev–Trinajstić information content (AvgIpc) is 2.78. The molecular formula is C24H24BrN5. The number of hydrogen-bond donors (Lipinski definition) is 0. The lowest BCUT2D eigenvalue weighted by molar-refractivity contribution is 0.0765. The summed E-state index contributed by atoms with van der Waals surface area (Å²) in [6.45, 7) is 5.47. The summed E-state index contributed by atoms with van der Waals surface area (Å²) in [6.07, 6.45) is 6.13. The fraction of sp³-hybridized carbons (Fsp3) is 0.375. The Morgan fingerprint density at radius 2 is 2.03 bits per heavy atom. The molecule has 3 atom stereocenters. The van der Waals surface area contributed by atoms with Crippen LogP contribution in [0.25, 0.3) is 10.9 Å². The maximum absolute atomic E-state index is 9.47. The van der Waals surface area contributed by atoms with Crippen LogP contribution >= 0.6 is 15.9 Å². The molecule has 2 aliphatic heterocycles. The zero-order chi connectivity index (χ0) is 20.7. The van der Waals surface area contributed by atoms with Crippen molar-refractivity contribution in [1.29, 1.82) is 5.26 Å². The Morgan fingerprint density at radius 1 is 1.13 bits per heavy atom. The Labute approximate surface area is 185 Å². The zero-order valence-corrected chi connectivity index (χ0v) is 18.6. The summed E-state index contributed by atoms with van der Waals surface area (Å²) >= 11 is 3.45. The summed E-state index contributed by atoms with van der Waals surface area (Å²) in [5.41, 5.74) is 3.98. The van der Waals surface area contributed by atoms with Crippen LogP contribution in [0.4, 0.5) is 5.69 Å². The van der Waals surface area contributed by atoms with Gasteiger partial charge in [-0.25, -0.2) is 4.98 Å². The molecule has 0 N–H and O–H groups in total. The second-order valence-electron chi connectivity index (χ2n) is 8.42. The van der Waals surface area contributed by atoms with Gasteiger partial charge in [0.25, 0.3) is 0 Å². The van der Waals surface area contributed by atoms with Gasteiger partial charge in [0.1, 0.15) is 10.7 Å². The van der Waals surface area contributed by atoms with E-state index in [0.29, 0.717) is 23.6 Å². The molecule has 2 aliphatic rings. The van der Waals surface area contributed by atoms with E-state index < -0.39 is 0 Å². The number of nitriles is 1. The molecule has 2 aromatic heterocycles. The summed E-state index contributed by atoms with van der Waals surface area (Å²) < 4.78 is 0.891. The molecular weight excluding hydrogens is 438 g/mol. The zero-order valence-electron chi connectivity index (χ0n) is 17.0. The molecule has 6 heteroatoms. The predicted octanol–water partition coefficient (Wildman–Crippen LogP) is 4.72. The third-order valence-electron chi connectivity index (χ3n) is 6.67. The molecule has 0 spiro atoms. The number of piperidine rings is 1. The molecule has 5 nitrogen and oxygen atoms in total. The van der Waals surface area contributed by atoms with Crippen molar-refractivity contribution in [1.82, 2.24) is 14.9 Å². The standard InChI is InChI=1S/C24H24BrN5/c1-16-14-29(22-6-4-18(12-26)24-21(22)3-2-9-27-24)15-20-11-17(8-10-30(16)20)19-5-7-23(25)28-13-19/h2-7,9,13,16-17,20H,8,10-11,14-15H2,1H3/t16-,17?,20?/m1/s1. The van der Waals surface area contributed by atoms with Gasteiger partial charge in [0.05, 0.1) is 11.1 Å². The van der Waals surface area contributed by atoms with E-state index in [1.54, 1.807) is 6.20 Å². The fourth-order valence-electron chi connectivity index (χ4n) is 5.23. The Balaban J connectivity index is 1.44. The first-order chi connectivity index (χ1) is 14.6. The minimum atomic E-state index is 0.495. The first kappa shape index (κ1) is 19.5. The molecule has 0 saturated carbocycles. The Kier molecular flexibility index (Phi) is 5.18. The highest BCUT2D eigenvalue weighted by molar-refractivity contribution is 9.10. The fourth-order valence-corrected chi connectivity index (χ4v) is 5.47. The van der Waals surface area contributed by atoms with E-state index in [4.69, 9.17) is 0 Å². The molecule has 3 aromatic rings. The van der Waals surface area contributed by atoms with Gasteiger partial charge in [-0.15, -0.1) is 0 Å². The van der Waals surface area contributed by atoms with Gasteiger partial charge < -0.3 is 4.90 Å². The number of benzene rings is 1. The smallest absolute Gasteiger partial charge is 0.106 e. The van der Waals surface area contributed by atoms with Gasteiger partial charge in [0, 0.05) is 48.6 Å². The Morgan fingerprint density at radius 3 is 2.83 bits per heavy atom. The van der Waals surface area contributed by atoms with E-state index in [9.17, 15) is 5.26 Å². The summed E-state index contributed by atoms with van der Waals surface area (Å²) in [5, 5.41) is 10.5. The molecule has 30 heavy (non-hydrogen) atoms. The number of rotatable bonds is 2. The lowest BCUT2D eigenvalue weighted by Crippen LogP contribution is -2.60. The lowest BCUT2D eigenvalue weighted by atomic mass is 9.84. The number of aromatic nitrogens is 2. The first-order valence-electron chi connectivity index (χ1n) is 10.5. The second-order valence-corrected chi connectivity index (χ2v) is 9.24. The molecule has 0 bridgehead atoms. The average molecular weight is 462 g/mol. The van der Waals surface area contributed by atoms with Crippen LogP contribution in [0.15, 0.2) is 53.4 Å². The molecule has 0 amide bonds. The number of fused-ring (bicyclic) bond motifs is 2. The molecule has 152 valence electrons. The van der Waals surface area contributed by atoms with E-state index >= 15 is 0 Å². The molecule has 0 radical (unpaired) electrons. The molecule has 5 rings (SSSR count). The van der Waals surface area contributed by atoms with Crippen molar-refractivity contribution in [3.05, 3.63) is 64.5 Å². The molecule has 4 heterocycles. The highest BCUT2D eigenvalue weighted by Gasteiger charge is 2.37. The van der Waals surface area contributed by atoms with Crippen molar-refractivity contribution in [2.45, 2.75) is 37.8 Å². The van der Waals surface area contributed by atoms with E-state index in [2.05, 4.69) is 66.9 Å². The van der Waals surface area contributed by atoms with Crippen molar-refractivity contribution in [2.24, 2.45) is 0 Å². The number of halogens is 1. The third kappa shape index (κ3) is 3.46. The Hall–Kier alpha value is -2.49. The topological polar surface area (TPSA) is 56.1 Å². The van der Waals surface area contributed by atoms with Crippen molar-refractivity contribution < 1.29 is 0 Å². The van der Waals surface area contributed by atoms with Crippen LogP contribution in [-0.4, -0.2) is 46.6 Å². The first-order valence-corrected chi connectivity index (χ1v) is 11.3. The van der Waals surface area contributed by atoms with Gasteiger partial charge in [-0.1, -0.05) is 6.07 Å². The quantitative estimate of drug-likeness (QED) is 0.516. The van der Waals surface area contributed by atoms with Crippen LogP contribution in [0.1, 0.15) is 36.8 Å². The molecule has 0 aliphatic carbocycles. The van der Waals surface area contributed by atoms with E-state index in [-0.39, 0.29) is 0 Å². The lowest BCUT2D eigenvalue weighted by Gasteiger charge is -2.50. The summed E-state index contributed by atoms with van der Waals surface area (Å²) in [7, 11) is 0. The van der Waals surface area contributed by atoms with Crippen LogP contribution in [0.2, 0.25) is 0 Å². The molecule has 2 fully saturated rings. The summed E-state index contributed by atoms with van der Waals surface area (Å²) in [6, 6.07) is 15.6. The van der Waals surface area contributed by atoms with Crippen molar-refractivity contribution >= 4 is 32.5 Å². The third-order valence-corrected chi connectivity index (χ3v) is 7.14. The minimum absolute atomic E-state index is 0.495. The van der Waals surface area contributed by atoms with Crippen LogP contribution < -0.4 is 4.90 Å². The monoisotopic (exact) mass is 461 g/mol. The van der Waals surface area contributed by atoms with E-state index in [0.717, 1.165) is 41.6 Å². The van der Waals surface area contributed by atoms with Gasteiger partial charge in [0.2, 0.25) is 0 Å². The maximum atomic E-state index is 9.47. The van der Waals surface area contributed by atoms with Crippen molar-refractivity contribution in [2.75, 3.05) is 24.5 Å². The number of nitrogens with zero attached hydrogens (tertiary/aromatic N) is 5. The molecule has 2 saturated heterocycles. The highest BCUT2D eigenvalue weighted by atomic mass is 79.9. The Bertz CT molecular complexity index is 1110. The summed E-state index contributed by atoms with van der Waals surface area (Å²) in [5.74, 6) is 0.554. The van der Waals surface area contributed by atoms with Gasteiger partial charge in [-0.3, -0.25) is 9.88 Å². The van der Waals surface area contributed by atoms with Gasteiger partial charge in [-0.2, -0.15) is 5.26 Å². The predicted molar refractivity (Wildman–Crippen MR) is 123 cm³/mol. The van der Waals surface area contributed by atoms with Crippen LogP contribution in [-0.2, 0) is 0 Å². The normalized spacial score (nSPS) is 24.4. The SMILES string of the molecule is C[C@@H]1CN(c2ccc(C#N)c3ncccc23)CC2CC(c3ccc(Br)nc3)CCN21. The van der Waals surface area contributed by atoms with Crippen molar-refractivity contribution in [3.63, 3.8) is 0 Å². The molecule has 2 unspecified atom stereocenters. The second kappa shape index (κ2) is 7.98. The largest absolute Gasteiger partial charge is 0.368 e. The number of pyridine rings is 2. The van der Waals surface area contributed by atoms with Crippen LogP contribution in [0, 0.1) is 11.3 Å². The van der Waals surface area contributed by atoms with E-state index in [1.165, 1.54) is 17.7 Å². The summed E-state index contributed by atoms with van der Waals surface area (Å²) in [4.78, 5) is 14.1. The van der Waals surface area contributed by atoms with Gasteiger partial charge >= 0.3 is 0 Å². The van der Waals surface area contributed by atoms with Gasteiger partial charge in [-0.05, 0) is 84.1 Å². The van der Waals surface area contributed by atoms with Crippen molar-refractivity contribution in [3.8, 4) is 6.07 Å². The number of anilines is 1. The van der Waals surface area contributed by atoms with E-state index in [1.807, 2.05) is 24.4 Å². The number of piperazine rings is 1. The minimum Gasteiger partial charge on any atom is -0.368 e. The maximum Gasteiger partial charge on any atom is 0.106 e. The van der Waals surface area contributed by atoms with Gasteiger partial charge in [0.15, 0.2) is 0 Å². The van der Waals surface area contributed by atoms with Crippen LogP contribution in [0.5, 0.6) is 0 Å². The van der Waals surface area contributed by atoms with Crippen LogP contribution in [0.3, 0.4) is 0 Å². The highest BCUT2D eigenvalue weighted by Crippen LogP contribution is 2.37. The number of hydrogen-bond acceptors (Lipinski definition) is 5.